The van der Waals surface area contributed by atoms with Crippen molar-refractivity contribution >= 4 is 24.8 Å². The van der Waals surface area contributed by atoms with E-state index >= 15 is 0 Å². The standard InChI is InChI=1S/C5H5N.2ClH.H2O/c1-2-4-6-5-3-1;;;/h1-5H;2*1H;1H2. The molecule has 0 spiro atoms. The Kier molecular flexibility index (Phi) is 18.7. The molecule has 1 aromatic heterocycles. The highest BCUT2D eigenvalue weighted by Gasteiger charge is 1.58. The van der Waals surface area contributed by atoms with E-state index < -0.39 is 0 Å². The SMILES string of the molecule is Cl.Cl.O.c1ccncc1. The Morgan fingerprint density at radius 1 is 0.778 bits per heavy atom. The van der Waals surface area contributed by atoms with Crippen LogP contribution in [0.2, 0.25) is 0 Å². The maximum Gasteiger partial charge on any atom is 0.0267 e. The van der Waals surface area contributed by atoms with Crippen LogP contribution in [-0.4, -0.2) is 10.5 Å². The van der Waals surface area contributed by atoms with Gasteiger partial charge in [-0.1, -0.05) is 6.07 Å². The molecule has 0 amide bonds. The lowest BCUT2D eigenvalue weighted by Crippen LogP contribution is -1.58. The smallest absolute Gasteiger partial charge is 0.0267 e. The van der Waals surface area contributed by atoms with Crippen LogP contribution in [0.25, 0.3) is 0 Å². The second-order valence-electron chi connectivity index (χ2n) is 1.02. The lowest BCUT2D eigenvalue weighted by molar-refractivity contribution is 0.824. The summed E-state index contributed by atoms with van der Waals surface area (Å²) in [5.41, 5.74) is 0. The van der Waals surface area contributed by atoms with E-state index in [1.807, 2.05) is 18.2 Å². The van der Waals surface area contributed by atoms with Crippen LogP contribution in [0, 0.1) is 0 Å². The Bertz CT molecular complexity index is 86.9. The number of rotatable bonds is 0. The van der Waals surface area contributed by atoms with E-state index in [-0.39, 0.29) is 30.3 Å². The number of halogens is 2. The Morgan fingerprint density at radius 3 is 1.33 bits per heavy atom. The van der Waals surface area contributed by atoms with E-state index in [1.165, 1.54) is 0 Å². The van der Waals surface area contributed by atoms with Gasteiger partial charge in [-0.05, 0) is 12.1 Å². The van der Waals surface area contributed by atoms with Crippen molar-refractivity contribution in [2.24, 2.45) is 0 Å². The molecule has 4 heteroatoms. The van der Waals surface area contributed by atoms with Crippen LogP contribution in [0.4, 0.5) is 0 Å². The Hall–Kier alpha value is -0.310. The average molecular weight is 170 g/mol. The Labute approximate surface area is 66.4 Å². The van der Waals surface area contributed by atoms with Gasteiger partial charge in [0.05, 0.1) is 0 Å². The van der Waals surface area contributed by atoms with Crippen LogP contribution < -0.4 is 0 Å². The Balaban J connectivity index is -0.000000120. The summed E-state index contributed by atoms with van der Waals surface area (Å²) in [6.45, 7) is 0. The van der Waals surface area contributed by atoms with Crippen LogP contribution in [-0.2, 0) is 0 Å². The van der Waals surface area contributed by atoms with Crippen LogP contribution in [0.3, 0.4) is 0 Å². The van der Waals surface area contributed by atoms with Gasteiger partial charge in [-0.3, -0.25) is 4.98 Å². The zero-order chi connectivity index (χ0) is 4.24. The van der Waals surface area contributed by atoms with Crippen molar-refractivity contribution in [2.45, 2.75) is 0 Å². The summed E-state index contributed by atoms with van der Waals surface area (Å²) < 4.78 is 0. The van der Waals surface area contributed by atoms with Crippen molar-refractivity contribution in [3.63, 3.8) is 0 Å². The molecule has 0 saturated heterocycles. The van der Waals surface area contributed by atoms with E-state index in [4.69, 9.17) is 0 Å². The molecule has 2 nitrogen and oxygen atoms in total. The summed E-state index contributed by atoms with van der Waals surface area (Å²) in [5, 5.41) is 0. The third-order valence-electron chi connectivity index (χ3n) is 0.566. The van der Waals surface area contributed by atoms with Gasteiger partial charge in [0, 0.05) is 12.4 Å². The third-order valence-corrected chi connectivity index (χ3v) is 0.566. The molecule has 0 unspecified atom stereocenters. The molecule has 0 atom stereocenters. The second kappa shape index (κ2) is 10.6. The van der Waals surface area contributed by atoms with E-state index in [9.17, 15) is 0 Å². The number of aromatic nitrogens is 1. The molecule has 0 aromatic carbocycles. The minimum absolute atomic E-state index is 0. The minimum atomic E-state index is 0. The van der Waals surface area contributed by atoms with Crippen molar-refractivity contribution in [3.05, 3.63) is 30.6 Å². The molecule has 0 radical (unpaired) electrons. The maximum atomic E-state index is 3.78. The first-order chi connectivity index (χ1) is 3.00. The highest BCUT2D eigenvalue weighted by atomic mass is 35.5. The van der Waals surface area contributed by atoms with Crippen LogP contribution >= 0.6 is 24.8 Å². The molecule has 54 valence electrons. The molecule has 0 aliphatic heterocycles. The van der Waals surface area contributed by atoms with Gasteiger partial charge in [-0.15, -0.1) is 24.8 Å². The number of hydrogen-bond acceptors (Lipinski definition) is 1. The van der Waals surface area contributed by atoms with Crippen LogP contribution in [0.1, 0.15) is 0 Å². The number of nitrogens with zero attached hydrogens (tertiary/aromatic N) is 1. The molecule has 1 rings (SSSR count). The highest BCUT2D eigenvalue weighted by molar-refractivity contribution is 5.85. The summed E-state index contributed by atoms with van der Waals surface area (Å²) >= 11 is 0. The molecule has 0 fully saturated rings. The predicted molar refractivity (Wildman–Crippen MR) is 42.3 cm³/mol. The first kappa shape index (κ1) is 15.9. The van der Waals surface area contributed by atoms with Gasteiger partial charge >= 0.3 is 0 Å². The number of pyridine rings is 1. The Morgan fingerprint density at radius 2 is 1.22 bits per heavy atom. The first-order valence-electron chi connectivity index (χ1n) is 1.85. The quantitative estimate of drug-likeness (QED) is 0.574. The van der Waals surface area contributed by atoms with Gasteiger partial charge < -0.3 is 5.48 Å². The van der Waals surface area contributed by atoms with E-state index in [0.717, 1.165) is 0 Å². The van der Waals surface area contributed by atoms with Gasteiger partial charge in [-0.2, -0.15) is 0 Å². The zero-order valence-corrected chi connectivity index (χ0v) is 6.28. The van der Waals surface area contributed by atoms with Gasteiger partial charge in [0.15, 0.2) is 0 Å². The van der Waals surface area contributed by atoms with E-state index in [2.05, 4.69) is 4.98 Å². The molecule has 0 bridgehead atoms. The molecule has 2 N–H and O–H groups in total. The fourth-order valence-electron chi connectivity index (χ4n) is 0.313. The molecule has 0 saturated carbocycles. The summed E-state index contributed by atoms with van der Waals surface area (Å²) in [6, 6.07) is 5.72. The molecular weight excluding hydrogens is 161 g/mol. The van der Waals surface area contributed by atoms with E-state index in [0.29, 0.717) is 0 Å². The molecule has 9 heavy (non-hydrogen) atoms. The van der Waals surface area contributed by atoms with Gasteiger partial charge in [0.25, 0.3) is 0 Å². The monoisotopic (exact) mass is 169 g/mol. The normalized spacial score (nSPS) is 5.33. The zero-order valence-electron chi connectivity index (χ0n) is 4.65. The highest BCUT2D eigenvalue weighted by Crippen LogP contribution is 1.73. The largest absolute Gasteiger partial charge is 0.412 e. The van der Waals surface area contributed by atoms with E-state index in [1.54, 1.807) is 12.4 Å². The summed E-state index contributed by atoms with van der Waals surface area (Å²) in [4.78, 5) is 3.78. The van der Waals surface area contributed by atoms with Crippen molar-refractivity contribution in [1.29, 1.82) is 0 Å². The summed E-state index contributed by atoms with van der Waals surface area (Å²) in [5.74, 6) is 0. The van der Waals surface area contributed by atoms with Gasteiger partial charge in [-0.25, -0.2) is 0 Å². The first-order valence-corrected chi connectivity index (χ1v) is 1.85. The summed E-state index contributed by atoms with van der Waals surface area (Å²) in [7, 11) is 0. The molecule has 0 aliphatic carbocycles. The number of hydrogen-bond donors (Lipinski definition) is 0. The van der Waals surface area contributed by atoms with Crippen LogP contribution in [0.15, 0.2) is 30.6 Å². The molecule has 1 heterocycles. The van der Waals surface area contributed by atoms with Gasteiger partial charge in [0.2, 0.25) is 0 Å². The topological polar surface area (TPSA) is 44.4 Å². The second-order valence-corrected chi connectivity index (χ2v) is 1.02. The lowest BCUT2D eigenvalue weighted by Gasteiger charge is -1.70. The predicted octanol–water partition coefficient (Wildman–Crippen LogP) is 1.10. The average Bonchev–Trinajstić information content (AvgIpc) is 1.72. The molecule has 1 aromatic rings. The van der Waals surface area contributed by atoms with Gasteiger partial charge in [0.1, 0.15) is 0 Å². The molecule has 0 aliphatic rings. The van der Waals surface area contributed by atoms with Crippen molar-refractivity contribution < 1.29 is 5.48 Å². The lowest BCUT2D eigenvalue weighted by atomic mass is 10.5. The molecular formula is C5H9Cl2NO. The fraction of sp³-hybridized carbons (Fsp3) is 0. The summed E-state index contributed by atoms with van der Waals surface area (Å²) in [6.07, 6.45) is 3.50. The minimum Gasteiger partial charge on any atom is -0.412 e. The van der Waals surface area contributed by atoms with Crippen molar-refractivity contribution in [2.75, 3.05) is 0 Å². The van der Waals surface area contributed by atoms with Crippen molar-refractivity contribution in [3.8, 4) is 0 Å². The van der Waals surface area contributed by atoms with Crippen LogP contribution in [0.5, 0.6) is 0 Å². The maximum absolute atomic E-state index is 3.78. The third kappa shape index (κ3) is 7.69. The van der Waals surface area contributed by atoms with Crippen molar-refractivity contribution in [1.82, 2.24) is 4.98 Å². The fourth-order valence-corrected chi connectivity index (χ4v) is 0.313.